The predicted octanol–water partition coefficient (Wildman–Crippen LogP) is 0.0716. The topological polar surface area (TPSA) is 70.6 Å². The lowest BCUT2D eigenvalue weighted by Gasteiger charge is -2.07. The van der Waals surface area contributed by atoms with Crippen LogP contribution in [0.15, 0.2) is 4.99 Å². The molecule has 0 saturated heterocycles. The molecule has 1 saturated carbocycles. The van der Waals surface area contributed by atoms with Gasteiger partial charge < -0.3 is 16.2 Å². The van der Waals surface area contributed by atoms with Crippen LogP contribution in [-0.4, -0.2) is 30.3 Å². The van der Waals surface area contributed by atoms with E-state index < -0.39 is 0 Å². The molecule has 1 fully saturated rings. The Morgan fingerprint density at radius 1 is 1.69 bits per heavy atom. The molecule has 1 aliphatic carbocycles. The number of hydrogen-bond donors (Lipinski definition) is 3. The maximum Gasteiger partial charge on any atom is 0.188 e. The zero-order chi connectivity index (χ0) is 9.68. The van der Waals surface area contributed by atoms with E-state index in [0.717, 1.165) is 25.8 Å². The Morgan fingerprint density at radius 2 is 2.38 bits per heavy atom. The molecule has 4 N–H and O–H groups in total. The van der Waals surface area contributed by atoms with E-state index in [1.165, 1.54) is 0 Å². The molecule has 76 valence electrons. The zero-order valence-electron chi connectivity index (χ0n) is 8.16. The van der Waals surface area contributed by atoms with Crippen molar-refractivity contribution in [2.24, 2.45) is 16.6 Å². The van der Waals surface area contributed by atoms with Crippen molar-refractivity contribution in [2.45, 2.75) is 32.3 Å². The maximum absolute atomic E-state index is 9.47. The summed E-state index contributed by atoms with van der Waals surface area (Å²) in [5.41, 5.74) is 5.56. The molecule has 1 rings (SSSR count). The van der Waals surface area contributed by atoms with Crippen molar-refractivity contribution in [3.05, 3.63) is 0 Å². The van der Waals surface area contributed by atoms with Crippen molar-refractivity contribution in [2.75, 3.05) is 13.1 Å². The Morgan fingerprint density at radius 3 is 2.92 bits per heavy atom. The first-order chi connectivity index (χ1) is 6.24. The van der Waals surface area contributed by atoms with Gasteiger partial charge in [0.25, 0.3) is 0 Å². The maximum atomic E-state index is 9.47. The molecule has 0 radical (unpaired) electrons. The van der Waals surface area contributed by atoms with E-state index in [-0.39, 0.29) is 6.10 Å². The lowest BCUT2D eigenvalue weighted by atomic mass is 10.2. The van der Waals surface area contributed by atoms with Crippen LogP contribution in [0, 0.1) is 5.92 Å². The van der Waals surface area contributed by atoms with Gasteiger partial charge in [-0.25, -0.2) is 0 Å². The zero-order valence-corrected chi connectivity index (χ0v) is 8.16. The minimum absolute atomic E-state index is 0.290. The summed E-state index contributed by atoms with van der Waals surface area (Å²) in [5, 5.41) is 12.4. The lowest BCUT2D eigenvalue weighted by molar-refractivity contribution is 0.160. The molecule has 0 heterocycles. The second kappa shape index (κ2) is 5.07. The largest absolute Gasteiger partial charge is 0.391 e. The normalized spacial score (nSPS) is 20.0. The molecular weight excluding hydrogens is 166 g/mol. The highest BCUT2D eigenvalue weighted by atomic mass is 16.3. The number of aliphatic hydroxyl groups is 1. The van der Waals surface area contributed by atoms with Crippen LogP contribution in [0.5, 0.6) is 0 Å². The molecule has 1 aliphatic rings. The standard InChI is InChI=1S/C9H19N3O/c1-2-5-11-9(10)12-6-8(13)7-3-4-7/h7-8,13H,2-6H2,1H3,(H3,10,11,12). The number of nitrogens with one attached hydrogen (secondary N) is 1. The van der Waals surface area contributed by atoms with Crippen molar-refractivity contribution < 1.29 is 5.11 Å². The van der Waals surface area contributed by atoms with Crippen molar-refractivity contribution in [1.82, 2.24) is 5.32 Å². The first kappa shape index (κ1) is 10.3. The van der Waals surface area contributed by atoms with Crippen LogP contribution in [0.3, 0.4) is 0 Å². The summed E-state index contributed by atoms with van der Waals surface area (Å²) in [6.07, 6.45) is 3.02. The average molecular weight is 185 g/mol. The number of nitrogens with zero attached hydrogens (tertiary/aromatic N) is 1. The summed E-state index contributed by atoms with van der Waals surface area (Å²) in [6, 6.07) is 0. The number of aliphatic imine (C=N–C) groups is 1. The summed E-state index contributed by atoms with van der Waals surface area (Å²) >= 11 is 0. The number of guanidine groups is 1. The van der Waals surface area contributed by atoms with Gasteiger partial charge in [0.2, 0.25) is 0 Å². The molecule has 4 nitrogen and oxygen atoms in total. The molecule has 1 unspecified atom stereocenters. The smallest absolute Gasteiger partial charge is 0.188 e. The van der Waals surface area contributed by atoms with Gasteiger partial charge in [-0.2, -0.15) is 0 Å². The Bertz CT molecular complexity index is 178. The molecule has 0 bridgehead atoms. The highest BCUT2D eigenvalue weighted by Crippen LogP contribution is 2.32. The van der Waals surface area contributed by atoms with E-state index >= 15 is 0 Å². The second-order valence-electron chi connectivity index (χ2n) is 3.56. The van der Waals surface area contributed by atoms with Crippen LogP contribution < -0.4 is 11.1 Å². The highest BCUT2D eigenvalue weighted by Gasteiger charge is 2.29. The van der Waals surface area contributed by atoms with Gasteiger partial charge in [-0.05, 0) is 25.2 Å². The third kappa shape index (κ3) is 4.12. The fraction of sp³-hybridized carbons (Fsp3) is 0.889. The SMILES string of the molecule is CCCNC(N)=NCC(O)C1CC1. The summed E-state index contributed by atoms with van der Waals surface area (Å²) in [6.45, 7) is 3.35. The predicted molar refractivity (Wildman–Crippen MR) is 53.5 cm³/mol. The van der Waals surface area contributed by atoms with Crippen LogP contribution >= 0.6 is 0 Å². The van der Waals surface area contributed by atoms with Crippen LogP contribution in [0.25, 0.3) is 0 Å². The minimum atomic E-state index is -0.290. The molecule has 0 aromatic carbocycles. The van der Waals surface area contributed by atoms with Gasteiger partial charge in [-0.3, -0.25) is 4.99 Å². The van der Waals surface area contributed by atoms with Gasteiger partial charge in [0.1, 0.15) is 0 Å². The van der Waals surface area contributed by atoms with Crippen LogP contribution in [0.4, 0.5) is 0 Å². The van der Waals surface area contributed by atoms with E-state index in [2.05, 4.69) is 17.2 Å². The minimum Gasteiger partial charge on any atom is -0.391 e. The first-order valence-corrected chi connectivity index (χ1v) is 4.96. The molecule has 1 atom stereocenters. The third-order valence-electron chi connectivity index (χ3n) is 2.17. The van der Waals surface area contributed by atoms with Gasteiger partial charge >= 0.3 is 0 Å². The van der Waals surface area contributed by atoms with Crippen molar-refractivity contribution >= 4 is 5.96 Å². The number of hydrogen-bond acceptors (Lipinski definition) is 2. The molecule has 0 aromatic heterocycles. The van der Waals surface area contributed by atoms with Crippen LogP contribution in [0.1, 0.15) is 26.2 Å². The molecule has 0 aromatic rings. The molecule has 4 heteroatoms. The Labute approximate surface area is 79.2 Å². The third-order valence-corrected chi connectivity index (χ3v) is 2.17. The summed E-state index contributed by atoms with van der Waals surface area (Å²) < 4.78 is 0. The van der Waals surface area contributed by atoms with E-state index in [1.807, 2.05) is 0 Å². The average Bonchev–Trinajstić information content (AvgIpc) is 2.93. The van der Waals surface area contributed by atoms with Crippen LogP contribution in [0.2, 0.25) is 0 Å². The van der Waals surface area contributed by atoms with Crippen molar-refractivity contribution in [3.8, 4) is 0 Å². The monoisotopic (exact) mass is 185 g/mol. The van der Waals surface area contributed by atoms with E-state index in [4.69, 9.17) is 5.73 Å². The Hall–Kier alpha value is -0.770. The molecule has 13 heavy (non-hydrogen) atoms. The summed E-state index contributed by atoms with van der Waals surface area (Å²) in [4.78, 5) is 4.06. The molecule has 0 spiro atoms. The van der Waals surface area contributed by atoms with Gasteiger partial charge in [-0.1, -0.05) is 6.92 Å². The fourth-order valence-electron chi connectivity index (χ4n) is 1.13. The molecule has 0 amide bonds. The van der Waals surface area contributed by atoms with Gasteiger partial charge in [-0.15, -0.1) is 0 Å². The lowest BCUT2D eigenvalue weighted by Crippen LogP contribution is -2.33. The molecular formula is C9H19N3O. The van der Waals surface area contributed by atoms with Gasteiger partial charge in [0.15, 0.2) is 5.96 Å². The molecule has 0 aliphatic heterocycles. The summed E-state index contributed by atoms with van der Waals surface area (Å²) in [5.74, 6) is 0.921. The number of nitrogens with two attached hydrogens (primary N) is 1. The summed E-state index contributed by atoms with van der Waals surface area (Å²) in [7, 11) is 0. The Balaban J connectivity index is 2.12. The van der Waals surface area contributed by atoms with Gasteiger partial charge in [0, 0.05) is 6.54 Å². The second-order valence-corrected chi connectivity index (χ2v) is 3.56. The first-order valence-electron chi connectivity index (χ1n) is 4.96. The quantitative estimate of drug-likeness (QED) is 0.419. The van der Waals surface area contributed by atoms with Crippen molar-refractivity contribution in [3.63, 3.8) is 0 Å². The van der Waals surface area contributed by atoms with E-state index in [1.54, 1.807) is 0 Å². The van der Waals surface area contributed by atoms with E-state index in [0.29, 0.717) is 18.4 Å². The fourth-order valence-corrected chi connectivity index (χ4v) is 1.13. The number of rotatable bonds is 5. The number of aliphatic hydroxyl groups excluding tert-OH is 1. The van der Waals surface area contributed by atoms with Gasteiger partial charge in [0.05, 0.1) is 12.6 Å². The van der Waals surface area contributed by atoms with Crippen molar-refractivity contribution in [1.29, 1.82) is 0 Å². The van der Waals surface area contributed by atoms with E-state index in [9.17, 15) is 5.11 Å². The van der Waals surface area contributed by atoms with Crippen LogP contribution in [-0.2, 0) is 0 Å². The highest BCUT2D eigenvalue weighted by molar-refractivity contribution is 5.77. The Kier molecular flexibility index (Phi) is 4.02.